The molecule has 2 rings (SSSR count). The minimum Gasteiger partial charge on any atom is -0.313 e. The molecule has 6 heteroatoms. The third-order valence-electron chi connectivity index (χ3n) is 2.56. The van der Waals surface area contributed by atoms with Crippen LogP contribution in [0.5, 0.6) is 0 Å². The zero-order chi connectivity index (χ0) is 12.8. The minimum atomic E-state index is -0.234. The topological polar surface area (TPSA) is 53.6 Å². The molecular formula is C12H14ClFN4. The van der Waals surface area contributed by atoms with Crippen LogP contribution >= 0.6 is 11.6 Å². The van der Waals surface area contributed by atoms with Crippen molar-refractivity contribution >= 4 is 11.6 Å². The molecule has 0 radical (unpaired) electrons. The molecule has 2 N–H and O–H groups in total. The Morgan fingerprint density at radius 2 is 2.28 bits per heavy atom. The van der Waals surface area contributed by atoms with Gasteiger partial charge in [0.15, 0.2) is 0 Å². The Kier molecular flexibility index (Phi) is 4.66. The summed E-state index contributed by atoms with van der Waals surface area (Å²) < 4.78 is 13.4. The highest BCUT2D eigenvalue weighted by Crippen LogP contribution is 2.14. The molecule has 0 aliphatic carbocycles. The fourth-order valence-corrected chi connectivity index (χ4v) is 1.83. The number of nitrogens with zero attached hydrogens (tertiary/aromatic N) is 2. The molecular weight excluding hydrogens is 255 g/mol. The maximum Gasteiger partial charge on any atom is 0.137 e. The van der Waals surface area contributed by atoms with Crippen LogP contribution in [0.2, 0.25) is 5.02 Å². The highest BCUT2D eigenvalue weighted by atomic mass is 35.5. The quantitative estimate of drug-likeness (QED) is 0.791. The maximum atomic E-state index is 13.4. The van der Waals surface area contributed by atoms with Crippen LogP contribution in [-0.4, -0.2) is 21.7 Å². The van der Waals surface area contributed by atoms with Gasteiger partial charge >= 0.3 is 0 Å². The fourth-order valence-electron chi connectivity index (χ4n) is 1.63. The van der Waals surface area contributed by atoms with E-state index < -0.39 is 0 Å². The molecule has 0 amide bonds. The van der Waals surface area contributed by atoms with E-state index in [4.69, 9.17) is 11.6 Å². The van der Waals surface area contributed by atoms with Crippen LogP contribution in [0.25, 0.3) is 0 Å². The van der Waals surface area contributed by atoms with Crippen molar-refractivity contribution in [2.45, 2.75) is 19.4 Å². The second kappa shape index (κ2) is 6.47. The number of hydrogen-bond donors (Lipinski definition) is 2. The van der Waals surface area contributed by atoms with E-state index in [-0.39, 0.29) is 5.82 Å². The second-order valence-corrected chi connectivity index (χ2v) is 4.38. The number of aromatic nitrogens is 3. The first-order valence-electron chi connectivity index (χ1n) is 5.74. The zero-order valence-electron chi connectivity index (χ0n) is 9.79. The lowest BCUT2D eigenvalue weighted by Gasteiger charge is -2.06. The summed E-state index contributed by atoms with van der Waals surface area (Å²) in [6.07, 6.45) is 3.23. The first-order chi connectivity index (χ1) is 8.75. The molecule has 0 saturated carbocycles. The third kappa shape index (κ3) is 3.78. The molecule has 0 spiro atoms. The third-order valence-corrected chi connectivity index (χ3v) is 2.79. The number of halogens is 2. The number of hydrogen-bond acceptors (Lipinski definition) is 3. The van der Waals surface area contributed by atoms with Gasteiger partial charge in [-0.25, -0.2) is 9.37 Å². The standard InChI is InChI=1S/C12H14ClFN4/c13-10-3-4-11(14)9(6-10)7-15-5-1-2-12-16-8-17-18-12/h3-4,6,8,15H,1-2,5,7H2,(H,16,17,18). The summed E-state index contributed by atoms with van der Waals surface area (Å²) in [5, 5.41) is 10.3. The van der Waals surface area contributed by atoms with Crippen molar-refractivity contribution in [1.82, 2.24) is 20.5 Å². The van der Waals surface area contributed by atoms with Gasteiger partial charge in [-0.05, 0) is 31.2 Å². The van der Waals surface area contributed by atoms with E-state index in [1.165, 1.54) is 12.4 Å². The number of aryl methyl sites for hydroxylation is 1. The Balaban J connectivity index is 1.70. The molecule has 1 aromatic heterocycles. The summed E-state index contributed by atoms with van der Waals surface area (Å²) in [6, 6.07) is 4.57. The van der Waals surface area contributed by atoms with Crippen LogP contribution in [0.3, 0.4) is 0 Å². The first-order valence-corrected chi connectivity index (χ1v) is 6.12. The molecule has 18 heavy (non-hydrogen) atoms. The number of H-pyrrole nitrogens is 1. The van der Waals surface area contributed by atoms with E-state index in [1.807, 2.05) is 0 Å². The Labute approximate surface area is 110 Å². The SMILES string of the molecule is Fc1ccc(Cl)cc1CNCCCc1ncn[nH]1. The molecule has 4 nitrogen and oxygen atoms in total. The van der Waals surface area contributed by atoms with Gasteiger partial charge in [0.05, 0.1) is 0 Å². The van der Waals surface area contributed by atoms with Crippen molar-refractivity contribution in [2.75, 3.05) is 6.54 Å². The van der Waals surface area contributed by atoms with E-state index in [2.05, 4.69) is 20.5 Å². The predicted molar refractivity (Wildman–Crippen MR) is 67.8 cm³/mol. The molecule has 96 valence electrons. The summed E-state index contributed by atoms with van der Waals surface area (Å²) in [4.78, 5) is 4.03. The number of nitrogens with one attached hydrogen (secondary N) is 2. The molecule has 0 unspecified atom stereocenters. The average molecular weight is 269 g/mol. The molecule has 0 atom stereocenters. The Bertz CT molecular complexity index is 487. The lowest BCUT2D eigenvalue weighted by atomic mass is 10.2. The van der Waals surface area contributed by atoms with Crippen LogP contribution < -0.4 is 5.32 Å². The van der Waals surface area contributed by atoms with Crippen molar-refractivity contribution in [1.29, 1.82) is 0 Å². The van der Waals surface area contributed by atoms with Crippen molar-refractivity contribution in [3.63, 3.8) is 0 Å². The van der Waals surface area contributed by atoms with Gasteiger partial charge in [-0.2, -0.15) is 5.10 Å². The summed E-state index contributed by atoms with van der Waals surface area (Å²) in [5.41, 5.74) is 0.585. The second-order valence-electron chi connectivity index (χ2n) is 3.95. The Morgan fingerprint density at radius 1 is 1.39 bits per heavy atom. The fraction of sp³-hybridized carbons (Fsp3) is 0.333. The largest absolute Gasteiger partial charge is 0.313 e. The van der Waals surface area contributed by atoms with Gasteiger partial charge in [-0.15, -0.1) is 0 Å². The van der Waals surface area contributed by atoms with Crippen molar-refractivity contribution in [2.24, 2.45) is 0 Å². The molecule has 1 heterocycles. The Morgan fingerprint density at radius 3 is 3.06 bits per heavy atom. The maximum absolute atomic E-state index is 13.4. The van der Waals surface area contributed by atoms with Gasteiger partial charge in [0.1, 0.15) is 18.0 Å². The van der Waals surface area contributed by atoms with Crippen LogP contribution in [-0.2, 0) is 13.0 Å². The number of aromatic amines is 1. The summed E-state index contributed by atoms with van der Waals surface area (Å²) in [6.45, 7) is 1.26. The highest BCUT2D eigenvalue weighted by molar-refractivity contribution is 6.30. The van der Waals surface area contributed by atoms with Gasteiger partial charge in [0.2, 0.25) is 0 Å². The minimum absolute atomic E-state index is 0.234. The van der Waals surface area contributed by atoms with Gasteiger partial charge in [0, 0.05) is 23.6 Å². The van der Waals surface area contributed by atoms with E-state index in [9.17, 15) is 4.39 Å². The van der Waals surface area contributed by atoms with Gasteiger partial charge < -0.3 is 5.32 Å². The molecule has 0 aliphatic heterocycles. The molecule has 0 saturated heterocycles. The van der Waals surface area contributed by atoms with Gasteiger partial charge in [-0.3, -0.25) is 5.10 Å². The summed E-state index contributed by atoms with van der Waals surface area (Å²) in [7, 11) is 0. The normalized spacial score (nSPS) is 10.8. The first kappa shape index (κ1) is 13.0. The van der Waals surface area contributed by atoms with Crippen molar-refractivity contribution in [3.8, 4) is 0 Å². The average Bonchev–Trinajstić information content (AvgIpc) is 2.86. The van der Waals surface area contributed by atoms with Crippen LogP contribution in [0.1, 0.15) is 17.8 Å². The summed E-state index contributed by atoms with van der Waals surface area (Å²) in [5.74, 6) is 0.632. The zero-order valence-corrected chi connectivity index (χ0v) is 10.5. The monoisotopic (exact) mass is 268 g/mol. The van der Waals surface area contributed by atoms with Crippen LogP contribution in [0.4, 0.5) is 4.39 Å². The summed E-state index contributed by atoms with van der Waals surface area (Å²) >= 11 is 5.81. The smallest absolute Gasteiger partial charge is 0.137 e. The van der Waals surface area contributed by atoms with Crippen LogP contribution in [0, 0.1) is 5.82 Å². The predicted octanol–water partition coefficient (Wildman–Crippen LogP) is 2.32. The van der Waals surface area contributed by atoms with Crippen LogP contribution in [0.15, 0.2) is 24.5 Å². The molecule has 0 fully saturated rings. The van der Waals surface area contributed by atoms with Gasteiger partial charge in [0.25, 0.3) is 0 Å². The van der Waals surface area contributed by atoms with Crippen molar-refractivity contribution in [3.05, 3.63) is 46.8 Å². The van der Waals surface area contributed by atoms with E-state index in [0.717, 1.165) is 25.2 Å². The van der Waals surface area contributed by atoms with E-state index >= 15 is 0 Å². The lowest BCUT2D eigenvalue weighted by Crippen LogP contribution is -2.16. The number of rotatable bonds is 6. The van der Waals surface area contributed by atoms with E-state index in [1.54, 1.807) is 12.1 Å². The lowest BCUT2D eigenvalue weighted by molar-refractivity contribution is 0.580. The molecule has 1 aromatic carbocycles. The highest BCUT2D eigenvalue weighted by Gasteiger charge is 2.02. The Hall–Kier alpha value is -1.46. The molecule has 0 aliphatic rings. The van der Waals surface area contributed by atoms with Crippen molar-refractivity contribution < 1.29 is 4.39 Å². The molecule has 0 bridgehead atoms. The van der Waals surface area contributed by atoms with Gasteiger partial charge in [-0.1, -0.05) is 11.6 Å². The van der Waals surface area contributed by atoms with E-state index in [0.29, 0.717) is 17.1 Å². The number of benzene rings is 1. The molecule has 2 aromatic rings.